The SMILES string of the molecule is CC(=O)OCCC1(C[N+](=O)[O-])CCC(F)(F)CC1. The Kier molecular flexibility index (Phi) is 4.59. The summed E-state index contributed by atoms with van der Waals surface area (Å²) in [5.74, 6) is -3.19. The van der Waals surface area contributed by atoms with Crippen molar-refractivity contribution in [1.29, 1.82) is 0 Å². The number of alkyl halides is 2. The summed E-state index contributed by atoms with van der Waals surface area (Å²) < 4.78 is 30.9. The van der Waals surface area contributed by atoms with E-state index in [1.54, 1.807) is 0 Å². The molecule has 1 fully saturated rings. The number of carbonyl (C=O) groups is 1. The molecule has 0 unspecified atom stereocenters. The second-order valence-electron chi connectivity index (χ2n) is 4.94. The average molecular weight is 265 g/mol. The Morgan fingerprint density at radius 1 is 1.33 bits per heavy atom. The number of esters is 1. The molecule has 104 valence electrons. The number of nitrogens with zero attached hydrogens (tertiary/aromatic N) is 1. The van der Waals surface area contributed by atoms with Crippen LogP contribution in [-0.4, -0.2) is 30.0 Å². The molecule has 0 saturated heterocycles. The molecule has 0 heterocycles. The summed E-state index contributed by atoms with van der Waals surface area (Å²) in [4.78, 5) is 20.8. The third kappa shape index (κ3) is 4.54. The van der Waals surface area contributed by atoms with Crippen LogP contribution in [0, 0.1) is 15.5 Å². The van der Waals surface area contributed by atoms with Crippen molar-refractivity contribution in [2.45, 2.75) is 45.0 Å². The molecule has 0 aromatic heterocycles. The molecule has 1 saturated carbocycles. The summed E-state index contributed by atoms with van der Waals surface area (Å²) in [7, 11) is 0. The summed E-state index contributed by atoms with van der Waals surface area (Å²) in [6.07, 6.45) is -0.198. The minimum Gasteiger partial charge on any atom is -0.466 e. The first-order valence-corrected chi connectivity index (χ1v) is 5.88. The Morgan fingerprint density at radius 3 is 2.33 bits per heavy atom. The molecule has 0 amide bonds. The number of carbonyl (C=O) groups excluding carboxylic acids is 1. The van der Waals surface area contributed by atoms with E-state index >= 15 is 0 Å². The van der Waals surface area contributed by atoms with Gasteiger partial charge in [0.25, 0.3) is 0 Å². The van der Waals surface area contributed by atoms with E-state index in [2.05, 4.69) is 0 Å². The average Bonchev–Trinajstić information content (AvgIpc) is 2.21. The molecule has 1 aliphatic rings. The second kappa shape index (κ2) is 5.58. The molecule has 18 heavy (non-hydrogen) atoms. The van der Waals surface area contributed by atoms with Gasteiger partial charge in [0.1, 0.15) is 0 Å². The number of ether oxygens (including phenoxy) is 1. The first kappa shape index (κ1) is 14.8. The topological polar surface area (TPSA) is 69.4 Å². The minimum atomic E-state index is -2.72. The molecule has 0 aromatic rings. The van der Waals surface area contributed by atoms with E-state index in [4.69, 9.17) is 4.74 Å². The summed E-state index contributed by atoms with van der Waals surface area (Å²) in [5.41, 5.74) is -0.763. The van der Waals surface area contributed by atoms with Gasteiger partial charge in [0.2, 0.25) is 12.5 Å². The van der Waals surface area contributed by atoms with E-state index in [1.165, 1.54) is 6.92 Å². The van der Waals surface area contributed by atoms with Gasteiger partial charge < -0.3 is 4.74 Å². The lowest BCUT2D eigenvalue weighted by Crippen LogP contribution is -2.39. The quantitative estimate of drug-likeness (QED) is 0.435. The molecule has 0 spiro atoms. The largest absolute Gasteiger partial charge is 0.466 e. The predicted molar refractivity (Wildman–Crippen MR) is 59.0 cm³/mol. The molecule has 0 N–H and O–H groups in total. The Balaban J connectivity index is 2.60. The number of nitro groups is 1. The number of hydrogen-bond donors (Lipinski definition) is 0. The molecule has 5 nitrogen and oxygen atoms in total. The van der Waals surface area contributed by atoms with Gasteiger partial charge in [-0.25, -0.2) is 8.78 Å². The normalized spacial score (nSPS) is 21.3. The van der Waals surface area contributed by atoms with Gasteiger partial charge in [0.15, 0.2) is 0 Å². The number of hydrogen-bond acceptors (Lipinski definition) is 4. The second-order valence-corrected chi connectivity index (χ2v) is 4.94. The van der Waals surface area contributed by atoms with Crippen molar-refractivity contribution in [3.8, 4) is 0 Å². The molecular weight excluding hydrogens is 248 g/mol. The van der Waals surface area contributed by atoms with Gasteiger partial charge in [0, 0.05) is 30.1 Å². The van der Waals surface area contributed by atoms with E-state index in [0.29, 0.717) is 0 Å². The molecule has 0 aromatic carbocycles. The zero-order chi connectivity index (χ0) is 13.8. The lowest BCUT2D eigenvalue weighted by atomic mass is 9.71. The highest BCUT2D eigenvalue weighted by atomic mass is 19.3. The van der Waals surface area contributed by atoms with Gasteiger partial charge in [-0.15, -0.1) is 0 Å². The van der Waals surface area contributed by atoms with Crippen molar-refractivity contribution in [2.75, 3.05) is 13.2 Å². The van der Waals surface area contributed by atoms with E-state index in [0.717, 1.165) is 0 Å². The molecule has 0 atom stereocenters. The molecule has 1 rings (SSSR count). The minimum absolute atomic E-state index is 0.0503. The maximum absolute atomic E-state index is 13.1. The van der Waals surface area contributed by atoms with Crippen molar-refractivity contribution >= 4 is 5.97 Å². The monoisotopic (exact) mass is 265 g/mol. The lowest BCUT2D eigenvalue weighted by Gasteiger charge is -2.36. The van der Waals surface area contributed by atoms with Gasteiger partial charge in [0.05, 0.1) is 6.61 Å². The van der Waals surface area contributed by atoms with Crippen molar-refractivity contribution in [3.05, 3.63) is 10.1 Å². The summed E-state index contributed by atoms with van der Waals surface area (Å²) in [6.45, 7) is 0.953. The van der Waals surface area contributed by atoms with E-state index < -0.39 is 22.2 Å². The van der Waals surface area contributed by atoms with E-state index in [1.807, 2.05) is 0 Å². The number of rotatable bonds is 5. The van der Waals surface area contributed by atoms with Crippen LogP contribution in [0.15, 0.2) is 0 Å². The lowest BCUT2D eigenvalue weighted by molar-refractivity contribution is -0.500. The van der Waals surface area contributed by atoms with E-state index in [9.17, 15) is 23.7 Å². The van der Waals surface area contributed by atoms with Crippen LogP contribution in [0.5, 0.6) is 0 Å². The molecular formula is C11H17F2NO4. The highest BCUT2D eigenvalue weighted by Crippen LogP contribution is 2.45. The van der Waals surface area contributed by atoms with Gasteiger partial charge in [-0.3, -0.25) is 14.9 Å². The first-order chi connectivity index (χ1) is 8.25. The standard InChI is InChI=1S/C11H17F2NO4/c1-9(15)18-7-6-10(8-14(16)17)2-4-11(12,13)5-3-10/h2-8H2,1H3. The van der Waals surface area contributed by atoms with Crippen molar-refractivity contribution < 1.29 is 23.2 Å². The van der Waals surface area contributed by atoms with Crippen LogP contribution in [0.4, 0.5) is 8.78 Å². The molecule has 0 bridgehead atoms. The van der Waals surface area contributed by atoms with Crippen molar-refractivity contribution in [1.82, 2.24) is 0 Å². The Labute approximate surface area is 104 Å². The van der Waals surface area contributed by atoms with Gasteiger partial charge in [-0.2, -0.15) is 0 Å². The van der Waals surface area contributed by atoms with Gasteiger partial charge in [-0.1, -0.05) is 0 Å². The Morgan fingerprint density at radius 2 is 1.89 bits per heavy atom. The van der Waals surface area contributed by atoms with Crippen LogP contribution in [0.3, 0.4) is 0 Å². The summed E-state index contributed by atoms with van der Waals surface area (Å²) >= 11 is 0. The van der Waals surface area contributed by atoms with Gasteiger partial charge in [-0.05, 0) is 19.3 Å². The van der Waals surface area contributed by atoms with Crippen LogP contribution in [-0.2, 0) is 9.53 Å². The third-order valence-corrected chi connectivity index (χ3v) is 3.44. The molecule has 0 radical (unpaired) electrons. The zero-order valence-corrected chi connectivity index (χ0v) is 10.3. The maximum Gasteiger partial charge on any atom is 0.302 e. The molecule has 7 heteroatoms. The van der Waals surface area contributed by atoms with Crippen LogP contribution in [0.1, 0.15) is 39.0 Å². The predicted octanol–water partition coefficient (Wildman–Crippen LogP) is 2.41. The molecule has 0 aliphatic heterocycles. The fraction of sp³-hybridized carbons (Fsp3) is 0.909. The highest BCUT2D eigenvalue weighted by molar-refractivity contribution is 5.65. The smallest absolute Gasteiger partial charge is 0.302 e. The van der Waals surface area contributed by atoms with Gasteiger partial charge >= 0.3 is 5.97 Å². The summed E-state index contributed by atoms with van der Waals surface area (Å²) in [5, 5.41) is 10.6. The van der Waals surface area contributed by atoms with Crippen molar-refractivity contribution in [2.24, 2.45) is 5.41 Å². The van der Waals surface area contributed by atoms with Crippen LogP contribution < -0.4 is 0 Å². The van der Waals surface area contributed by atoms with Crippen LogP contribution in [0.2, 0.25) is 0 Å². The van der Waals surface area contributed by atoms with Crippen LogP contribution in [0.25, 0.3) is 0 Å². The fourth-order valence-electron chi connectivity index (χ4n) is 2.32. The van der Waals surface area contributed by atoms with Crippen molar-refractivity contribution in [3.63, 3.8) is 0 Å². The number of halogens is 2. The van der Waals surface area contributed by atoms with E-state index in [-0.39, 0.29) is 45.3 Å². The Bertz CT molecular complexity index is 323. The Hall–Kier alpha value is -1.27. The molecule has 1 aliphatic carbocycles. The van der Waals surface area contributed by atoms with Crippen LogP contribution >= 0.6 is 0 Å². The third-order valence-electron chi connectivity index (χ3n) is 3.44. The highest BCUT2D eigenvalue weighted by Gasteiger charge is 2.46. The maximum atomic E-state index is 13.1. The summed E-state index contributed by atoms with van der Waals surface area (Å²) in [6, 6.07) is 0. The fourth-order valence-corrected chi connectivity index (χ4v) is 2.32. The first-order valence-electron chi connectivity index (χ1n) is 5.88. The zero-order valence-electron chi connectivity index (χ0n) is 10.3.